The summed E-state index contributed by atoms with van der Waals surface area (Å²) in [4.78, 5) is 23.7. The molecule has 0 aliphatic rings. The van der Waals surface area contributed by atoms with E-state index >= 15 is 0 Å². The van der Waals surface area contributed by atoms with Crippen LogP contribution in [0.1, 0.15) is 0 Å². The number of halogens is 1. The Kier molecular flexibility index (Phi) is 4.78. The zero-order valence-electron chi connectivity index (χ0n) is 9.35. The third-order valence-corrected chi connectivity index (χ3v) is 2.32. The average Bonchev–Trinajstić information content (AvgIpc) is 2.35. The van der Waals surface area contributed by atoms with Gasteiger partial charge in [0.1, 0.15) is 18.2 Å². The molecule has 5 nitrogen and oxygen atoms in total. The third kappa shape index (κ3) is 3.64. The SMILES string of the molecule is COc1cccc(N(CC(N)=O)C(=O)CCl)c1. The second kappa shape index (κ2) is 6.10. The van der Waals surface area contributed by atoms with Gasteiger partial charge < -0.3 is 15.4 Å². The number of alkyl halides is 1. The Hall–Kier alpha value is -1.75. The van der Waals surface area contributed by atoms with E-state index in [4.69, 9.17) is 22.1 Å². The van der Waals surface area contributed by atoms with Gasteiger partial charge in [0.2, 0.25) is 11.8 Å². The zero-order chi connectivity index (χ0) is 12.8. The summed E-state index contributed by atoms with van der Waals surface area (Å²) in [7, 11) is 1.51. The van der Waals surface area contributed by atoms with Crippen LogP contribution in [0.4, 0.5) is 5.69 Å². The molecule has 0 unspecified atom stereocenters. The van der Waals surface area contributed by atoms with Crippen LogP contribution in [0.5, 0.6) is 5.75 Å². The number of anilines is 1. The molecule has 0 bridgehead atoms. The maximum atomic E-state index is 11.6. The monoisotopic (exact) mass is 256 g/mol. The minimum absolute atomic E-state index is 0.210. The van der Waals surface area contributed by atoms with Crippen molar-refractivity contribution in [3.63, 3.8) is 0 Å². The van der Waals surface area contributed by atoms with E-state index in [0.29, 0.717) is 11.4 Å². The number of methoxy groups -OCH3 is 1. The molecule has 0 radical (unpaired) electrons. The summed E-state index contributed by atoms with van der Waals surface area (Å²) in [6, 6.07) is 6.75. The Morgan fingerprint density at radius 1 is 1.47 bits per heavy atom. The molecular formula is C11H13ClN2O3. The smallest absolute Gasteiger partial charge is 0.242 e. The highest BCUT2D eigenvalue weighted by atomic mass is 35.5. The fourth-order valence-corrected chi connectivity index (χ4v) is 1.47. The standard InChI is InChI=1S/C11H13ClN2O3/c1-17-9-4-2-3-8(5-9)14(7-10(13)15)11(16)6-12/h2-5H,6-7H2,1H3,(H2,13,15). The molecule has 0 aliphatic carbocycles. The summed E-state index contributed by atoms with van der Waals surface area (Å²) in [5.74, 6) is -0.630. The predicted molar refractivity (Wildman–Crippen MR) is 65.3 cm³/mol. The molecule has 0 aromatic heterocycles. The van der Waals surface area contributed by atoms with Gasteiger partial charge in [0, 0.05) is 11.8 Å². The van der Waals surface area contributed by atoms with E-state index < -0.39 is 11.8 Å². The van der Waals surface area contributed by atoms with E-state index in [-0.39, 0.29) is 12.4 Å². The first-order valence-corrected chi connectivity index (χ1v) is 5.40. The van der Waals surface area contributed by atoms with Crippen LogP contribution >= 0.6 is 11.6 Å². The van der Waals surface area contributed by atoms with Crippen molar-refractivity contribution in [2.75, 3.05) is 24.4 Å². The van der Waals surface area contributed by atoms with Gasteiger partial charge in [-0.05, 0) is 12.1 Å². The van der Waals surface area contributed by atoms with Crippen molar-refractivity contribution in [1.82, 2.24) is 0 Å². The predicted octanol–water partition coefficient (Wildman–Crippen LogP) is 0.752. The van der Waals surface area contributed by atoms with Crippen LogP contribution in [0.2, 0.25) is 0 Å². The lowest BCUT2D eigenvalue weighted by atomic mass is 10.2. The fourth-order valence-electron chi connectivity index (χ4n) is 1.33. The third-order valence-electron chi connectivity index (χ3n) is 2.09. The van der Waals surface area contributed by atoms with Crippen molar-refractivity contribution < 1.29 is 14.3 Å². The first-order chi connectivity index (χ1) is 8.08. The largest absolute Gasteiger partial charge is 0.497 e. The van der Waals surface area contributed by atoms with Crippen LogP contribution in [-0.4, -0.2) is 31.3 Å². The molecule has 2 N–H and O–H groups in total. The lowest BCUT2D eigenvalue weighted by Gasteiger charge is -2.20. The molecule has 0 spiro atoms. The molecule has 1 aromatic rings. The minimum Gasteiger partial charge on any atom is -0.497 e. The lowest BCUT2D eigenvalue weighted by Crippen LogP contribution is -2.39. The highest BCUT2D eigenvalue weighted by molar-refractivity contribution is 6.29. The van der Waals surface area contributed by atoms with Crippen molar-refractivity contribution in [1.29, 1.82) is 0 Å². The number of ether oxygens (including phenoxy) is 1. The maximum Gasteiger partial charge on any atom is 0.242 e. The first-order valence-electron chi connectivity index (χ1n) is 4.87. The molecule has 92 valence electrons. The van der Waals surface area contributed by atoms with E-state index in [0.717, 1.165) is 0 Å². The van der Waals surface area contributed by atoms with Crippen LogP contribution < -0.4 is 15.4 Å². The molecule has 0 saturated heterocycles. The maximum absolute atomic E-state index is 11.6. The van der Waals surface area contributed by atoms with Crippen molar-refractivity contribution in [2.45, 2.75) is 0 Å². The Balaban J connectivity index is 3.02. The molecule has 17 heavy (non-hydrogen) atoms. The highest BCUT2D eigenvalue weighted by Gasteiger charge is 2.17. The number of nitrogens with two attached hydrogens (primary N) is 1. The summed E-state index contributed by atoms with van der Waals surface area (Å²) in [6.45, 7) is -0.210. The van der Waals surface area contributed by atoms with Gasteiger partial charge in [0.15, 0.2) is 0 Å². The Labute approximate surface area is 104 Å². The number of primary amides is 1. The number of nitrogens with zero attached hydrogens (tertiary/aromatic N) is 1. The molecule has 1 aromatic carbocycles. The van der Waals surface area contributed by atoms with Crippen LogP contribution in [-0.2, 0) is 9.59 Å². The second-order valence-electron chi connectivity index (χ2n) is 3.28. The zero-order valence-corrected chi connectivity index (χ0v) is 10.1. The van der Waals surface area contributed by atoms with Crippen LogP contribution in [0.15, 0.2) is 24.3 Å². The van der Waals surface area contributed by atoms with Gasteiger partial charge in [-0.1, -0.05) is 6.07 Å². The number of rotatable bonds is 5. The van der Waals surface area contributed by atoms with Gasteiger partial charge in [-0.2, -0.15) is 0 Å². The Bertz CT molecular complexity index is 423. The number of hydrogen-bond acceptors (Lipinski definition) is 3. The molecule has 0 fully saturated rings. The van der Waals surface area contributed by atoms with Gasteiger partial charge >= 0.3 is 0 Å². The average molecular weight is 257 g/mol. The van der Waals surface area contributed by atoms with Gasteiger partial charge in [-0.25, -0.2) is 0 Å². The molecule has 0 aliphatic heterocycles. The summed E-state index contributed by atoms with van der Waals surface area (Å²) in [5.41, 5.74) is 5.61. The van der Waals surface area contributed by atoms with E-state index in [1.807, 2.05) is 0 Å². The number of amides is 2. The van der Waals surface area contributed by atoms with Gasteiger partial charge in [-0.15, -0.1) is 11.6 Å². The van der Waals surface area contributed by atoms with E-state index in [1.165, 1.54) is 12.0 Å². The van der Waals surface area contributed by atoms with E-state index in [9.17, 15) is 9.59 Å². The van der Waals surface area contributed by atoms with Crippen molar-refractivity contribution in [3.8, 4) is 5.75 Å². The van der Waals surface area contributed by atoms with Gasteiger partial charge in [-0.3, -0.25) is 9.59 Å². The lowest BCUT2D eigenvalue weighted by molar-refractivity contribution is -0.121. The van der Waals surface area contributed by atoms with Crippen LogP contribution in [0, 0.1) is 0 Å². The summed E-state index contributed by atoms with van der Waals surface area (Å²) >= 11 is 5.48. The fraction of sp³-hybridized carbons (Fsp3) is 0.273. The number of benzene rings is 1. The Morgan fingerprint density at radius 3 is 2.71 bits per heavy atom. The van der Waals surface area contributed by atoms with E-state index in [2.05, 4.69) is 0 Å². The Morgan fingerprint density at radius 2 is 2.18 bits per heavy atom. The highest BCUT2D eigenvalue weighted by Crippen LogP contribution is 2.21. The van der Waals surface area contributed by atoms with Crippen molar-refractivity contribution in [2.24, 2.45) is 5.73 Å². The quantitative estimate of drug-likeness (QED) is 0.791. The van der Waals surface area contributed by atoms with Crippen molar-refractivity contribution >= 4 is 29.1 Å². The number of carbonyl (C=O) groups excluding carboxylic acids is 2. The van der Waals surface area contributed by atoms with Gasteiger partial charge in [0.25, 0.3) is 0 Å². The van der Waals surface area contributed by atoms with Crippen molar-refractivity contribution in [3.05, 3.63) is 24.3 Å². The summed E-state index contributed by atoms with van der Waals surface area (Å²) in [5, 5.41) is 0. The van der Waals surface area contributed by atoms with Gasteiger partial charge in [0.05, 0.1) is 7.11 Å². The minimum atomic E-state index is -0.605. The number of hydrogen-bond donors (Lipinski definition) is 1. The topological polar surface area (TPSA) is 72.6 Å². The van der Waals surface area contributed by atoms with E-state index in [1.54, 1.807) is 24.3 Å². The van der Waals surface area contributed by atoms with Crippen LogP contribution in [0.3, 0.4) is 0 Å². The molecule has 1 rings (SSSR count). The molecule has 0 saturated carbocycles. The second-order valence-corrected chi connectivity index (χ2v) is 3.55. The molecular weight excluding hydrogens is 244 g/mol. The molecule has 0 atom stereocenters. The molecule has 0 heterocycles. The first kappa shape index (κ1) is 13.3. The number of carbonyl (C=O) groups is 2. The summed E-state index contributed by atoms with van der Waals surface area (Å²) < 4.78 is 5.04. The normalized spacial score (nSPS) is 9.76. The summed E-state index contributed by atoms with van der Waals surface area (Å²) in [6.07, 6.45) is 0. The molecule has 2 amide bonds. The molecule has 6 heteroatoms. The van der Waals surface area contributed by atoms with Crippen LogP contribution in [0.25, 0.3) is 0 Å².